The van der Waals surface area contributed by atoms with E-state index in [1.54, 1.807) is 0 Å². The van der Waals surface area contributed by atoms with Crippen LogP contribution in [0.3, 0.4) is 0 Å². The zero-order chi connectivity index (χ0) is 21.9. The van der Waals surface area contributed by atoms with Gasteiger partial charge in [-0.15, -0.1) is 0 Å². The fraction of sp³-hybridized carbons (Fsp3) is 0.0323. The molecule has 0 aliphatic carbocycles. The van der Waals surface area contributed by atoms with E-state index in [4.69, 9.17) is 0 Å². The van der Waals surface area contributed by atoms with E-state index in [0.29, 0.717) is 0 Å². The molecule has 0 aliphatic rings. The van der Waals surface area contributed by atoms with E-state index < -0.39 is 0 Å². The molecule has 33 heavy (non-hydrogen) atoms. The van der Waals surface area contributed by atoms with Gasteiger partial charge in [-0.3, -0.25) is 0 Å². The smallest absolute Gasteiger partial charge is 0.0641 e. The maximum Gasteiger partial charge on any atom is 0.0641 e. The summed E-state index contributed by atoms with van der Waals surface area (Å²) in [5, 5.41) is 5.14. The number of rotatable bonds is 2. The lowest BCUT2D eigenvalue weighted by molar-refractivity contribution is 1.17. The minimum Gasteiger partial charge on any atom is -0.309 e. The number of para-hydroxylation sites is 3. The Labute approximate surface area is 191 Å². The highest BCUT2D eigenvalue weighted by atomic mass is 15.0. The van der Waals surface area contributed by atoms with Crippen molar-refractivity contribution in [3.63, 3.8) is 0 Å². The van der Waals surface area contributed by atoms with E-state index in [2.05, 4.69) is 131 Å². The number of hydrogen-bond acceptors (Lipinski definition) is 0. The van der Waals surface area contributed by atoms with Gasteiger partial charge in [0.1, 0.15) is 0 Å². The molecular weight excluding hydrogens is 400 g/mol. The van der Waals surface area contributed by atoms with Gasteiger partial charge in [0.25, 0.3) is 0 Å². The third-order valence-corrected chi connectivity index (χ3v) is 6.78. The topological polar surface area (TPSA) is 9.86 Å². The lowest BCUT2D eigenvalue weighted by Crippen LogP contribution is -1.95. The van der Waals surface area contributed by atoms with Crippen LogP contribution in [-0.4, -0.2) is 9.13 Å². The summed E-state index contributed by atoms with van der Waals surface area (Å²) in [5.41, 5.74) is 8.60. The Morgan fingerprint density at radius 3 is 1.79 bits per heavy atom. The van der Waals surface area contributed by atoms with Crippen LogP contribution >= 0.6 is 0 Å². The Morgan fingerprint density at radius 2 is 1.03 bits per heavy atom. The second-order valence-corrected chi connectivity index (χ2v) is 8.73. The zero-order valence-corrected chi connectivity index (χ0v) is 18.4. The summed E-state index contributed by atoms with van der Waals surface area (Å²) in [6, 6.07) is 41.6. The first-order valence-electron chi connectivity index (χ1n) is 11.4. The first kappa shape index (κ1) is 18.3. The van der Waals surface area contributed by atoms with Crippen molar-refractivity contribution < 1.29 is 0 Å². The molecule has 0 aliphatic heterocycles. The van der Waals surface area contributed by atoms with Crippen LogP contribution in [0.1, 0.15) is 5.56 Å². The lowest BCUT2D eigenvalue weighted by atomic mass is 10.1. The molecule has 0 amide bonds. The number of aryl methyl sites for hydroxylation is 1. The maximum atomic E-state index is 2.44. The summed E-state index contributed by atoms with van der Waals surface area (Å²) in [7, 11) is 0. The molecule has 0 N–H and O–H groups in total. The molecule has 7 rings (SSSR count). The van der Waals surface area contributed by atoms with Gasteiger partial charge in [0.05, 0.1) is 22.1 Å². The largest absolute Gasteiger partial charge is 0.309 e. The van der Waals surface area contributed by atoms with E-state index in [0.717, 1.165) is 0 Å². The SMILES string of the molecule is Cc1ccc(-n2c3ccccc3c3ccc4c(c5ccccc5n4-c4ccccc4)c32)cc1. The summed E-state index contributed by atoms with van der Waals surface area (Å²) in [5.74, 6) is 0. The number of hydrogen-bond donors (Lipinski definition) is 0. The first-order valence-corrected chi connectivity index (χ1v) is 11.4. The minimum absolute atomic E-state index is 1.18. The van der Waals surface area contributed by atoms with Gasteiger partial charge in [0.15, 0.2) is 0 Å². The molecule has 2 heteroatoms. The fourth-order valence-electron chi connectivity index (χ4n) is 5.33. The van der Waals surface area contributed by atoms with E-state index in [1.165, 1.54) is 60.5 Å². The van der Waals surface area contributed by atoms with Crippen molar-refractivity contribution in [3.05, 3.63) is 121 Å². The molecule has 0 saturated carbocycles. The van der Waals surface area contributed by atoms with Gasteiger partial charge in [-0.1, -0.05) is 78.4 Å². The predicted molar refractivity (Wildman–Crippen MR) is 140 cm³/mol. The highest BCUT2D eigenvalue weighted by Gasteiger charge is 2.20. The first-order chi connectivity index (χ1) is 16.3. The molecule has 5 aromatic carbocycles. The molecule has 0 atom stereocenters. The molecule has 2 aromatic heterocycles. The van der Waals surface area contributed by atoms with Gasteiger partial charge < -0.3 is 9.13 Å². The van der Waals surface area contributed by atoms with Crippen molar-refractivity contribution >= 4 is 43.6 Å². The Kier molecular flexibility index (Phi) is 3.80. The van der Waals surface area contributed by atoms with Crippen molar-refractivity contribution in [1.29, 1.82) is 0 Å². The van der Waals surface area contributed by atoms with E-state index >= 15 is 0 Å². The molecule has 2 heterocycles. The Bertz CT molecular complexity index is 1800. The average molecular weight is 423 g/mol. The van der Waals surface area contributed by atoms with Gasteiger partial charge >= 0.3 is 0 Å². The normalized spacial score (nSPS) is 11.8. The van der Waals surface area contributed by atoms with Gasteiger partial charge in [0, 0.05) is 32.9 Å². The Balaban J connectivity index is 1.75. The van der Waals surface area contributed by atoms with Gasteiger partial charge in [-0.2, -0.15) is 0 Å². The van der Waals surface area contributed by atoms with Crippen molar-refractivity contribution in [2.45, 2.75) is 6.92 Å². The minimum atomic E-state index is 1.18. The second-order valence-electron chi connectivity index (χ2n) is 8.73. The molecule has 0 fully saturated rings. The molecule has 2 nitrogen and oxygen atoms in total. The van der Waals surface area contributed by atoms with Crippen LogP contribution in [-0.2, 0) is 0 Å². The van der Waals surface area contributed by atoms with Crippen molar-refractivity contribution in [1.82, 2.24) is 9.13 Å². The van der Waals surface area contributed by atoms with Gasteiger partial charge in [0.2, 0.25) is 0 Å². The lowest BCUT2D eigenvalue weighted by Gasteiger charge is -2.10. The zero-order valence-electron chi connectivity index (χ0n) is 18.4. The average Bonchev–Trinajstić information content (AvgIpc) is 3.38. The molecule has 7 aromatic rings. The summed E-state index contributed by atoms with van der Waals surface area (Å²) in [6.45, 7) is 2.14. The molecule has 0 radical (unpaired) electrons. The predicted octanol–water partition coefficient (Wildman–Crippen LogP) is 8.19. The van der Waals surface area contributed by atoms with Gasteiger partial charge in [-0.05, 0) is 49.4 Å². The molecule has 0 unspecified atom stereocenters. The van der Waals surface area contributed by atoms with E-state index in [1.807, 2.05) is 0 Å². The highest BCUT2D eigenvalue weighted by Crippen LogP contribution is 2.41. The standard InChI is InChI=1S/C31H22N2/c1-21-15-17-23(18-16-21)33-27-13-7-5-11-24(27)25-19-20-29-30(31(25)33)26-12-6-8-14-28(26)32(29)22-9-3-2-4-10-22/h2-20H,1H3. The van der Waals surface area contributed by atoms with E-state index in [9.17, 15) is 0 Å². The number of benzene rings is 5. The number of aromatic nitrogens is 2. The summed E-state index contributed by atoms with van der Waals surface area (Å²) >= 11 is 0. The van der Waals surface area contributed by atoms with Crippen LogP contribution in [0.2, 0.25) is 0 Å². The Hall–Kier alpha value is -4.30. The van der Waals surface area contributed by atoms with Crippen LogP contribution in [0.25, 0.3) is 55.0 Å². The van der Waals surface area contributed by atoms with E-state index in [-0.39, 0.29) is 0 Å². The molecule has 156 valence electrons. The quantitative estimate of drug-likeness (QED) is 0.266. The van der Waals surface area contributed by atoms with Crippen molar-refractivity contribution in [2.24, 2.45) is 0 Å². The van der Waals surface area contributed by atoms with Crippen molar-refractivity contribution in [3.8, 4) is 11.4 Å². The van der Waals surface area contributed by atoms with Crippen LogP contribution in [0.5, 0.6) is 0 Å². The van der Waals surface area contributed by atoms with Crippen LogP contribution in [0, 0.1) is 6.92 Å². The summed E-state index contributed by atoms with van der Waals surface area (Å²) < 4.78 is 4.83. The molecular formula is C31H22N2. The number of fused-ring (bicyclic) bond motifs is 7. The van der Waals surface area contributed by atoms with Crippen LogP contribution < -0.4 is 0 Å². The second kappa shape index (κ2) is 6.85. The van der Waals surface area contributed by atoms with Crippen molar-refractivity contribution in [2.75, 3.05) is 0 Å². The van der Waals surface area contributed by atoms with Crippen LogP contribution in [0.15, 0.2) is 115 Å². The molecule has 0 bridgehead atoms. The molecule has 0 spiro atoms. The third-order valence-electron chi connectivity index (χ3n) is 6.78. The summed E-state index contributed by atoms with van der Waals surface area (Å²) in [6.07, 6.45) is 0. The maximum absolute atomic E-state index is 2.44. The highest BCUT2D eigenvalue weighted by molar-refractivity contribution is 6.26. The number of nitrogens with zero attached hydrogens (tertiary/aromatic N) is 2. The monoisotopic (exact) mass is 422 g/mol. The van der Waals surface area contributed by atoms with Gasteiger partial charge in [-0.25, -0.2) is 0 Å². The fourth-order valence-corrected chi connectivity index (χ4v) is 5.33. The molecule has 0 saturated heterocycles. The summed E-state index contributed by atoms with van der Waals surface area (Å²) in [4.78, 5) is 0. The third kappa shape index (κ3) is 2.55. The van der Waals surface area contributed by atoms with Crippen LogP contribution in [0.4, 0.5) is 0 Å². The Morgan fingerprint density at radius 1 is 0.424 bits per heavy atom.